The zero-order valence-electron chi connectivity index (χ0n) is 9.30. The molecule has 0 aromatic heterocycles. The monoisotopic (exact) mass is 213 g/mol. The third-order valence-corrected chi connectivity index (χ3v) is 3.71. The minimum absolute atomic E-state index is 0. The number of rotatable bonds is 2. The van der Waals surface area contributed by atoms with E-state index in [0.29, 0.717) is 0 Å². The van der Waals surface area contributed by atoms with Crippen molar-refractivity contribution in [1.82, 2.24) is 5.32 Å². The maximum absolute atomic E-state index is 5.37. The van der Waals surface area contributed by atoms with Crippen LogP contribution >= 0.6 is 0 Å². The van der Waals surface area contributed by atoms with Gasteiger partial charge in [0.05, 0.1) is 0 Å². The van der Waals surface area contributed by atoms with Crippen LogP contribution in [0.15, 0.2) is 0 Å². The van der Waals surface area contributed by atoms with Gasteiger partial charge in [0.2, 0.25) is 0 Å². The Kier molecular flexibility index (Phi) is 5.62. The molecule has 1 aliphatic heterocycles. The van der Waals surface area contributed by atoms with Gasteiger partial charge in [0.1, 0.15) is 0 Å². The summed E-state index contributed by atoms with van der Waals surface area (Å²) in [6, 6.07) is 1.54. The minimum Gasteiger partial charge on any atom is -0.381 e. The molecule has 2 aliphatic rings. The van der Waals surface area contributed by atoms with Crippen LogP contribution in [0.1, 0.15) is 52.9 Å². The van der Waals surface area contributed by atoms with Crippen LogP contribution in [-0.2, 0) is 4.74 Å². The van der Waals surface area contributed by atoms with E-state index in [1.807, 2.05) is 0 Å². The van der Waals surface area contributed by atoms with Crippen molar-refractivity contribution in [3.05, 3.63) is 0 Å². The number of nitrogens with one attached hydrogen (secondary N) is 1. The van der Waals surface area contributed by atoms with Crippen molar-refractivity contribution in [2.24, 2.45) is 5.92 Å². The third kappa shape index (κ3) is 4.12. The van der Waals surface area contributed by atoms with Gasteiger partial charge in [0.25, 0.3) is 0 Å². The Labute approximate surface area is 94.8 Å². The summed E-state index contributed by atoms with van der Waals surface area (Å²) in [5, 5.41) is 3.80. The van der Waals surface area contributed by atoms with E-state index in [9.17, 15) is 0 Å². The van der Waals surface area contributed by atoms with E-state index in [4.69, 9.17) is 4.74 Å². The van der Waals surface area contributed by atoms with E-state index in [0.717, 1.165) is 31.2 Å². The SMILES string of the molecule is C.CC1CCC(NC2CCOCC2)CC1. The predicted molar refractivity (Wildman–Crippen MR) is 65.1 cm³/mol. The van der Waals surface area contributed by atoms with Gasteiger partial charge in [-0.3, -0.25) is 0 Å². The maximum Gasteiger partial charge on any atom is 0.0480 e. The molecule has 1 saturated carbocycles. The summed E-state index contributed by atoms with van der Waals surface area (Å²) in [5.41, 5.74) is 0. The van der Waals surface area contributed by atoms with Gasteiger partial charge in [-0.25, -0.2) is 0 Å². The van der Waals surface area contributed by atoms with E-state index in [-0.39, 0.29) is 7.43 Å². The highest BCUT2D eigenvalue weighted by molar-refractivity contribution is 4.80. The van der Waals surface area contributed by atoms with Crippen molar-refractivity contribution in [1.29, 1.82) is 0 Å². The zero-order chi connectivity index (χ0) is 9.80. The van der Waals surface area contributed by atoms with Crippen molar-refractivity contribution in [2.45, 2.75) is 65.0 Å². The molecule has 15 heavy (non-hydrogen) atoms. The van der Waals surface area contributed by atoms with Crippen LogP contribution in [0.2, 0.25) is 0 Å². The molecule has 0 aromatic carbocycles. The maximum atomic E-state index is 5.37. The van der Waals surface area contributed by atoms with Crippen molar-refractivity contribution >= 4 is 0 Å². The van der Waals surface area contributed by atoms with E-state index in [2.05, 4.69) is 12.2 Å². The normalized spacial score (nSPS) is 33.4. The average molecular weight is 213 g/mol. The zero-order valence-corrected chi connectivity index (χ0v) is 9.30. The lowest BCUT2D eigenvalue weighted by atomic mass is 9.87. The molecular formula is C13H27NO. The van der Waals surface area contributed by atoms with Crippen molar-refractivity contribution in [3.8, 4) is 0 Å². The molecule has 2 heteroatoms. The second-order valence-electron chi connectivity index (χ2n) is 5.01. The van der Waals surface area contributed by atoms with E-state index < -0.39 is 0 Å². The Morgan fingerprint density at radius 1 is 0.867 bits per heavy atom. The molecule has 0 amide bonds. The average Bonchev–Trinajstić information content (AvgIpc) is 2.23. The van der Waals surface area contributed by atoms with Gasteiger partial charge in [-0.1, -0.05) is 14.4 Å². The summed E-state index contributed by atoms with van der Waals surface area (Å²) < 4.78 is 5.37. The summed E-state index contributed by atoms with van der Waals surface area (Å²) >= 11 is 0. The first-order valence-corrected chi connectivity index (χ1v) is 6.18. The van der Waals surface area contributed by atoms with Crippen LogP contribution in [0, 0.1) is 5.92 Å². The quantitative estimate of drug-likeness (QED) is 0.761. The molecule has 0 radical (unpaired) electrons. The van der Waals surface area contributed by atoms with Crippen LogP contribution in [-0.4, -0.2) is 25.3 Å². The molecule has 2 nitrogen and oxygen atoms in total. The van der Waals surface area contributed by atoms with Gasteiger partial charge >= 0.3 is 0 Å². The highest BCUT2D eigenvalue weighted by atomic mass is 16.5. The highest BCUT2D eigenvalue weighted by Crippen LogP contribution is 2.24. The van der Waals surface area contributed by atoms with E-state index >= 15 is 0 Å². The number of ether oxygens (including phenoxy) is 1. The Bertz CT molecular complexity index is 158. The molecule has 90 valence electrons. The largest absolute Gasteiger partial charge is 0.381 e. The van der Waals surface area contributed by atoms with Gasteiger partial charge in [-0.05, 0) is 44.4 Å². The Balaban J connectivity index is 0.00000112. The Hall–Kier alpha value is -0.0800. The third-order valence-electron chi connectivity index (χ3n) is 3.71. The Morgan fingerprint density at radius 2 is 1.40 bits per heavy atom. The van der Waals surface area contributed by atoms with Crippen LogP contribution in [0.3, 0.4) is 0 Å². The topological polar surface area (TPSA) is 21.3 Å². The number of hydrogen-bond acceptors (Lipinski definition) is 2. The standard InChI is InChI=1S/C12H23NO.CH4/c1-10-2-4-11(5-3-10)13-12-6-8-14-9-7-12;/h10-13H,2-9H2,1H3;1H4. The molecular weight excluding hydrogens is 186 g/mol. The van der Waals surface area contributed by atoms with Crippen LogP contribution < -0.4 is 5.32 Å². The fraction of sp³-hybridized carbons (Fsp3) is 1.00. The fourth-order valence-corrected chi connectivity index (χ4v) is 2.62. The summed E-state index contributed by atoms with van der Waals surface area (Å²) in [6.45, 7) is 4.30. The highest BCUT2D eigenvalue weighted by Gasteiger charge is 2.21. The van der Waals surface area contributed by atoms with Gasteiger partial charge < -0.3 is 10.1 Å². The summed E-state index contributed by atoms with van der Waals surface area (Å²) in [6.07, 6.45) is 8.04. The molecule has 0 bridgehead atoms. The molecule has 1 saturated heterocycles. The molecule has 2 fully saturated rings. The van der Waals surface area contributed by atoms with E-state index in [1.54, 1.807) is 0 Å². The molecule has 1 N–H and O–H groups in total. The van der Waals surface area contributed by atoms with Gasteiger partial charge in [0, 0.05) is 25.3 Å². The first-order chi connectivity index (χ1) is 6.84. The molecule has 1 heterocycles. The molecule has 1 aliphatic carbocycles. The van der Waals surface area contributed by atoms with E-state index in [1.165, 1.54) is 38.5 Å². The predicted octanol–water partition coefficient (Wildman–Crippen LogP) is 2.97. The second kappa shape index (κ2) is 6.49. The summed E-state index contributed by atoms with van der Waals surface area (Å²) in [5.74, 6) is 0.961. The molecule has 0 aromatic rings. The van der Waals surface area contributed by atoms with Crippen molar-refractivity contribution in [3.63, 3.8) is 0 Å². The minimum atomic E-state index is 0. The molecule has 0 spiro atoms. The van der Waals surface area contributed by atoms with Gasteiger partial charge in [0.15, 0.2) is 0 Å². The molecule has 2 rings (SSSR count). The van der Waals surface area contributed by atoms with Crippen LogP contribution in [0.4, 0.5) is 0 Å². The summed E-state index contributed by atoms with van der Waals surface area (Å²) in [7, 11) is 0. The van der Waals surface area contributed by atoms with Crippen molar-refractivity contribution in [2.75, 3.05) is 13.2 Å². The lowest BCUT2D eigenvalue weighted by Crippen LogP contribution is -2.43. The first-order valence-electron chi connectivity index (χ1n) is 6.18. The van der Waals surface area contributed by atoms with Gasteiger partial charge in [-0.15, -0.1) is 0 Å². The number of hydrogen-bond donors (Lipinski definition) is 1. The first kappa shape index (κ1) is 13.0. The van der Waals surface area contributed by atoms with Crippen LogP contribution in [0.5, 0.6) is 0 Å². The van der Waals surface area contributed by atoms with Crippen molar-refractivity contribution < 1.29 is 4.74 Å². The fourth-order valence-electron chi connectivity index (χ4n) is 2.62. The Morgan fingerprint density at radius 3 is 2.00 bits per heavy atom. The molecule has 0 atom stereocenters. The second-order valence-corrected chi connectivity index (χ2v) is 5.01. The molecule has 0 unspecified atom stereocenters. The summed E-state index contributed by atoms with van der Waals surface area (Å²) in [4.78, 5) is 0. The van der Waals surface area contributed by atoms with Crippen LogP contribution in [0.25, 0.3) is 0 Å². The lowest BCUT2D eigenvalue weighted by Gasteiger charge is -2.32. The lowest BCUT2D eigenvalue weighted by molar-refractivity contribution is 0.0724. The smallest absolute Gasteiger partial charge is 0.0480 e. The van der Waals surface area contributed by atoms with Gasteiger partial charge in [-0.2, -0.15) is 0 Å².